The molecule has 29 heavy (non-hydrogen) atoms. The molecule has 0 aliphatic heterocycles. The first-order valence-corrected chi connectivity index (χ1v) is 10.1. The molecule has 6 heteroatoms. The largest absolute Gasteiger partial charge is 0.493 e. The Morgan fingerprint density at radius 1 is 1.17 bits per heavy atom. The van der Waals surface area contributed by atoms with Crippen LogP contribution < -0.4 is 20.9 Å². The highest BCUT2D eigenvalue weighted by Crippen LogP contribution is 2.34. The standard InChI is InChI=1S/C23H26ClN3O2/c1-28-21-12-11-17(14-22(21)29-20-7-2-3-8-20)18(15-27-23(25)26)10-9-16-5-4-6-19(24)13-16/h4-6,11-14,18,20H,2-3,7-8,15H2,1H3,(H4,25,26,27). The van der Waals surface area contributed by atoms with Crippen molar-refractivity contribution in [3.05, 3.63) is 58.6 Å². The van der Waals surface area contributed by atoms with Crippen molar-refractivity contribution in [2.75, 3.05) is 13.7 Å². The minimum Gasteiger partial charge on any atom is -0.493 e. The summed E-state index contributed by atoms with van der Waals surface area (Å²) in [6.45, 7) is 0.352. The number of methoxy groups -OCH3 is 1. The Bertz CT molecular complexity index is 923. The van der Waals surface area contributed by atoms with Gasteiger partial charge in [0.25, 0.3) is 0 Å². The van der Waals surface area contributed by atoms with Gasteiger partial charge in [0.05, 0.1) is 25.7 Å². The average Bonchev–Trinajstić information content (AvgIpc) is 3.21. The number of hydrogen-bond acceptors (Lipinski definition) is 3. The van der Waals surface area contributed by atoms with E-state index >= 15 is 0 Å². The van der Waals surface area contributed by atoms with Gasteiger partial charge in [-0.05, 0) is 61.6 Å². The van der Waals surface area contributed by atoms with E-state index < -0.39 is 0 Å². The van der Waals surface area contributed by atoms with Crippen molar-refractivity contribution in [3.8, 4) is 23.3 Å². The minimum atomic E-state index is -0.201. The van der Waals surface area contributed by atoms with E-state index in [1.807, 2.05) is 42.5 Å². The van der Waals surface area contributed by atoms with Crippen molar-refractivity contribution in [1.29, 1.82) is 0 Å². The second kappa shape index (κ2) is 10.1. The molecule has 5 nitrogen and oxygen atoms in total. The highest BCUT2D eigenvalue weighted by molar-refractivity contribution is 6.30. The Balaban J connectivity index is 1.91. The zero-order chi connectivity index (χ0) is 20.6. The van der Waals surface area contributed by atoms with E-state index in [-0.39, 0.29) is 18.0 Å². The van der Waals surface area contributed by atoms with E-state index in [1.165, 1.54) is 12.8 Å². The van der Waals surface area contributed by atoms with Gasteiger partial charge in [-0.25, -0.2) is 0 Å². The van der Waals surface area contributed by atoms with Gasteiger partial charge in [-0.2, -0.15) is 0 Å². The molecule has 1 aliphatic rings. The van der Waals surface area contributed by atoms with E-state index in [2.05, 4.69) is 16.8 Å². The summed E-state index contributed by atoms with van der Waals surface area (Å²) in [5.74, 6) is 7.72. The molecule has 0 aromatic heterocycles. The molecule has 1 saturated carbocycles. The monoisotopic (exact) mass is 411 g/mol. The van der Waals surface area contributed by atoms with Crippen molar-refractivity contribution >= 4 is 17.6 Å². The summed E-state index contributed by atoms with van der Waals surface area (Å²) < 4.78 is 11.7. The van der Waals surface area contributed by atoms with Crippen molar-refractivity contribution in [2.45, 2.75) is 37.7 Å². The topological polar surface area (TPSA) is 82.9 Å². The van der Waals surface area contributed by atoms with E-state index in [0.29, 0.717) is 17.3 Å². The molecule has 4 N–H and O–H groups in total. The lowest BCUT2D eigenvalue weighted by Crippen LogP contribution is -2.23. The fourth-order valence-corrected chi connectivity index (χ4v) is 3.55. The average molecular weight is 412 g/mol. The molecule has 0 saturated heterocycles. The summed E-state index contributed by atoms with van der Waals surface area (Å²) in [6, 6.07) is 13.3. The summed E-state index contributed by atoms with van der Waals surface area (Å²) in [5.41, 5.74) is 12.9. The molecule has 0 amide bonds. The van der Waals surface area contributed by atoms with Crippen LogP contribution in [0.25, 0.3) is 0 Å². The first-order chi connectivity index (χ1) is 14.0. The smallest absolute Gasteiger partial charge is 0.185 e. The van der Waals surface area contributed by atoms with Crippen LogP contribution in [0.3, 0.4) is 0 Å². The molecule has 0 spiro atoms. The summed E-state index contributed by atoms with van der Waals surface area (Å²) in [6.07, 6.45) is 4.77. The van der Waals surface area contributed by atoms with E-state index in [4.69, 9.17) is 32.5 Å². The van der Waals surface area contributed by atoms with Gasteiger partial charge in [0.2, 0.25) is 0 Å². The number of nitrogens with two attached hydrogens (primary N) is 2. The molecule has 2 aromatic rings. The lowest BCUT2D eigenvalue weighted by Gasteiger charge is -2.18. The molecular formula is C23H26ClN3O2. The predicted molar refractivity (Wildman–Crippen MR) is 118 cm³/mol. The molecule has 0 bridgehead atoms. The second-order valence-electron chi connectivity index (χ2n) is 7.03. The number of hydrogen-bond donors (Lipinski definition) is 2. The maximum Gasteiger partial charge on any atom is 0.185 e. The molecule has 0 heterocycles. The van der Waals surface area contributed by atoms with E-state index in [1.54, 1.807) is 7.11 Å². The molecule has 152 valence electrons. The zero-order valence-corrected chi connectivity index (χ0v) is 17.3. The van der Waals surface area contributed by atoms with Crippen molar-refractivity contribution < 1.29 is 9.47 Å². The summed E-state index contributed by atoms with van der Waals surface area (Å²) in [7, 11) is 1.65. The number of rotatable bonds is 6. The van der Waals surface area contributed by atoms with Crippen LogP contribution >= 0.6 is 11.6 Å². The van der Waals surface area contributed by atoms with Gasteiger partial charge in [0, 0.05) is 10.6 Å². The fraction of sp³-hybridized carbons (Fsp3) is 0.348. The van der Waals surface area contributed by atoms with Crippen LogP contribution in [-0.4, -0.2) is 25.7 Å². The molecule has 3 rings (SSSR count). The van der Waals surface area contributed by atoms with Crippen LogP contribution in [0.2, 0.25) is 5.02 Å². The number of benzene rings is 2. The molecule has 1 unspecified atom stereocenters. The Morgan fingerprint density at radius 3 is 2.66 bits per heavy atom. The van der Waals surface area contributed by atoms with Gasteiger partial charge in [-0.3, -0.25) is 4.99 Å². The second-order valence-corrected chi connectivity index (χ2v) is 7.47. The first kappa shape index (κ1) is 20.9. The molecule has 1 fully saturated rings. The Kier molecular flexibility index (Phi) is 7.26. The SMILES string of the molecule is COc1ccc(C(C#Cc2cccc(Cl)c2)CN=C(N)N)cc1OC1CCCC1. The van der Waals surface area contributed by atoms with Crippen molar-refractivity contribution in [1.82, 2.24) is 0 Å². The van der Waals surface area contributed by atoms with Crippen LogP contribution in [0, 0.1) is 11.8 Å². The number of halogens is 1. The van der Waals surface area contributed by atoms with Crippen LogP contribution in [0.15, 0.2) is 47.5 Å². The molecule has 2 aromatic carbocycles. The molecular weight excluding hydrogens is 386 g/mol. The van der Waals surface area contributed by atoms with Gasteiger partial charge in [-0.15, -0.1) is 0 Å². The number of guanidine groups is 1. The minimum absolute atomic E-state index is 0.0375. The quantitative estimate of drug-likeness (QED) is 0.426. The maximum atomic E-state index is 6.22. The van der Waals surface area contributed by atoms with Crippen LogP contribution in [-0.2, 0) is 0 Å². The normalized spacial score (nSPS) is 14.6. The van der Waals surface area contributed by atoms with Gasteiger partial charge >= 0.3 is 0 Å². The van der Waals surface area contributed by atoms with Crippen LogP contribution in [0.1, 0.15) is 42.7 Å². The predicted octanol–water partition coefficient (Wildman–Crippen LogP) is 4.08. The third kappa shape index (κ3) is 6.07. The molecule has 1 atom stereocenters. The van der Waals surface area contributed by atoms with Gasteiger partial charge in [0.1, 0.15) is 0 Å². The fourth-order valence-electron chi connectivity index (χ4n) is 3.36. The Morgan fingerprint density at radius 2 is 1.97 bits per heavy atom. The zero-order valence-electron chi connectivity index (χ0n) is 16.5. The highest BCUT2D eigenvalue weighted by atomic mass is 35.5. The van der Waals surface area contributed by atoms with Crippen LogP contribution in [0.4, 0.5) is 0 Å². The lowest BCUT2D eigenvalue weighted by molar-refractivity contribution is 0.200. The highest BCUT2D eigenvalue weighted by Gasteiger charge is 2.20. The summed E-state index contributed by atoms with van der Waals surface area (Å²) >= 11 is 6.06. The Labute approximate surface area is 177 Å². The van der Waals surface area contributed by atoms with Crippen LogP contribution in [0.5, 0.6) is 11.5 Å². The van der Waals surface area contributed by atoms with Crippen molar-refractivity contribution in [3.63, 3.8) is 0 Å². The Hall–Kier alpha value is -2.84. The summed E-state index contributed by atoms with van der Waals surface area (Å²) in [4.78, 5) is 4.18. The molecule has 0 radical (unpaired) electrons. The number of nitrogens with zero attached hydrogens (tertiary/aromatic N) is 1. The lowest BCUT2D eigenvalue weighted by atomic mass is 9.98. The summed E-state index contributed by atoms with van der Waals surface area (Å²) in [5, 5.41) is 0.647. The third-order valence-corrected chi connectivity index (χ3v) is 5.09. The number of ether oxygens (including phenoxy) is 2. The first-order valence-electron chi connectivity index (χ1n) is 9.72. The number of aliphatic imine (C=N–C) groups is 1. The van der Waals surface area contributed by atoms with Gasteiger partial charge < -0.3 is 20.9 Å². The van der Waals surface area contributed by atoms with Gasteiger partial charge in [-0.1, -0.05) is 35.6 Å². The third-order valence-electron chi connectivity index (χ3n) is 4.86. The van der Waals surface area contributed by atoms with E-state index in [9.17, 15) is 0 Å². The van der Waals surface area contributed by atoms with Gasteiger partial charge in [0.15, 0.2) is 17.5 Å². The van der Waals surface area contributed by atoms with Crippen molar-refractivity contribution in [2.24, 2.45) is 16.5 Å². The van der Waals surface area contributed by atoms with E-state index in [0.717, 1.165) is 29.7 Å². The maximum absolute atomic E-state index is 6.22. The molecule has 1 aliphatic carbocycles.